The van der Waals surface area contributed by atoms with Crippen LogP contribution in [0, 0.1) is 0 Å². The quantitative estimate of drug-likeness (QED) is 0.645. The lowest BCUT2D eigenvalue weighted by Gasteiger charge is -1.99. The van der Waals surface area contributed by atoms with Crippen LogP contribution in [-0.2, 0) is 0 Å². The molecule has 66 valence electrons. The van der Waals surface area contributed by atoms with Crippen molar-refractivity contribution >= 4 is 11.8 Å². The summed E-state index contributed by atoms with van der Waals surface area (Å²) in [6.45, 7) is 0. The molecule has 2 heterocycles. The smallest absolute Gasteiger partial charge is 0.170 e. The highest BCUT2D eigenvalue weighted by Crippen LogP contribution is 2.18. The molecule has 0 saturated heterocycles. The van der Waals surface area contributed by atoms with Crippen molar-refractivity contribution in [3.05, 3.63) is 30.1 Å². The molecule has 4 heteroatoms. The number of nitrogens with zero attached hydrogens (tertiary/aromatic N) is 2. The zero-order valence-corrected chi connectivity index (χ0v) is 7.10. The predicted molar refractivity (Wildman–Crippen MR) is 47.1 cm³/mol. The molecule has 2 aromatic heterocycles. The number of hydrogen-bond donors (Lipinski definition) is 0. The second kappa shape index (κ2) is 2.90. The van der Waals surface area contributed by atoms with Gasteiger partial charge in [-0.25, -0.2) is 4.52 Å². The van der Waals surface area contributed by atoms with Crippen molar-refractivity contribution in [2.45, 2.75) is 0 Å². The standard InChI is InChI=1S/C9H8N2O2/c1-13-9-3-2-4-11-8(9)5-7(6-12)10-11/h2-6H,1H3. The Balaban J connectivity index is 2.74. The highest BCUT2D eigenvalue weighted by atomic mass is 16.5. The summed E-state index contributed by atoms with van der Waals surface area (Å²) < 4.78 is 6.72. The van der Waals surface area contributed by atoms with Crippen molar-refractivity contribution in [2.75, 3.05) is 7.11 Å². The SMILES string of the molecule is COc1cccn2nc(C=O)cc12. The summed E-state index contributed by atoms with van der Waals surface area (Å²) in [6, 6.07) is 5.32. The van der Waals surface area contributed by atoms with Crippen molar-refractivity contribution in [1.29, 1.82) is 0 Å². The van der Waals surface area contributed by atoms with Crippen molar-refractivity contribution < 1.29 is 9.53 Å². The maximum atomic E-state index is 10.5. The summed E-state index contributed by atoms with van der Waals surface area (Å²) in [5.41, 5.74) is 1.21. The van der Waals surface area contributed by atoms with Gasteiger partial charge in [0.05, 0.1) is 7.11 Å². The molecule has 0 aromatic carbocycles. The third-order valence-corrected chi connectivity index (χ3v) is 1.82. The predicted octanol–water partition coefficient (Wildman–Crippen LogP) is 1.16. The molecule has 0 saturated carbocycles. The lowest BCUT2D eigenvalue weighted by molar-refractivity contribution is 0.111. The Hall–Kier alpha value is -1.84. The van der Waals surface area contributed by atoms with E-state index in [4.69, 9.17) is 4.74 Å². The molecular weight excluding hydrogens is 168 g/mol. The van der Waals surface area contributed by atoms with Gasteiger partial charge in [-0.15, -0.1) is 0 Å². The lowest BCUT2D eigenvalue weighted by atomic mass is 10.3. The lowest BCUT2D eigenvalue weighted by Crippen LogP contribution is -1.90. The van der Waals surface area contributed by atoms with E-state index >= 15 is 0 Å². The first kappa shape index (κ1) is 7.79. The van der Waals surface area contributed by atoms with Crippen molar-refractivity contribution in [2.24, 2.45) is 0 Å². The first-order chi connectivity index (χ1) is 6.35. The van der Waals surface area contributed by atoms with Gasteiger partial charge in [0.2, 0.25) is 0 Å². The van der Waals surface area contributed by atoms with Gasteiger partial charge < -0.3 is 4.74 Å². The normalized spacial score (nSPS) is 10.2. The third-order valence-electron chi connectivity index (χ3n) is 1.82. The van der Waals surface area contributed by atoms with Gasteiger partial charge in [-0.3, -0.25) is 4.79 Å². The Kier molecular flexibility index (Phi) is 1.73. The minimum absolute atomic E-state index is 0.407. The second-order valence-corrected chi connectivity index (χ2v) is 2.59. The summed E-state index contributed by atoms with van der Waals surface area (Å²) in [4.78, 5) is 10.5. The summed E-state index contributed by atoms with van der Waals surface area (Å²) in [6.07, 6.45) is 2.48. The van der Waals surface area contributed by atoms with Gasteiger partial charge in [0.25, 0.3) is 0 Å². The number of hydrogen-bond acceptors (Lipinski definition) is 3. The molecule has 0 amide bonds. The van der Waals surface area contributed by atoms with Gasteiger partial charge >= 0.3 is 0 Å². The summed E-state index contributed by atoms with van der Waals surface area (Å²) >= 11 is 0. The number of aldehydes is 1. The molecule has 2 rings (SSSR count). The average molecular weight is 176 g/mol. The van der Waals surface area contributed by atoms with Crippen LogP contribution in [0.25, 0.3) is 5.52 Å². The average Bonchev–Trinajstić information content (AvgIpc) is 2.59. The molecule has 13 heavy (non-hydrogen) atoms. The molecule has 0 spiro atoms. The fourth-order valence-corrected chi connectivity index (χ4v) is 1.24. The van der Waals surface area contributed by atoms with Gasteiger partial charge in [-0.05, 0) is 18.2 Å². The number of aromatic nitrogens is 2. The number of pyridine rings is 1. The minimum Gasteiger partial charge on any atom is -0.494 e. The van der Waals surface area contributed by atoms with Gasteiger partial charge in [-0.2, -0.15) is 5.10 Å². The van der Waals surface area contributed by atoms with Crippen molar-refractivity contribution in [1.82, 2.24) is 9.61 Å². The van der Waals surface area contributed by atoms with Crippen LogP contribution in [0.5, 0.6) is 5.75 Å². The van der Waals surface area contributed by atoms with E-state index < -0.39 is 0 Å². The molecule has 0 N–H and O–H groups in total. The molecule has 2 aromatic rings. The van der Waals surface area contributed by atoms with Crippen LogP contribution in [-0.4, -0.2) is 23.0 Å². The topological polar surface area (TPSA) is 43.6 Å². The first-order valence-corrected chi connectivity index (χ1v) is 3.82. The number of carbonyl (C=O) groups is 1. The van der Waals surface area contributed by atoms with Gasteiger partial charge in [0.1, 0.15) is 17.0 Å². The summed E-state index contributed by atoms with van der Waals surface area (Å²) in [5, 5.41) is 4.01. The Morgan fingerprint density at radius 3 is 3.15 bits per heavy atom. The van der Waals surface area contributed by atoms with E-state index in [0.29, 0.717) is 17.7 Å². The molecule has 0 fully saturated rings. The molecule has 0 aliphatic carbocycles. The van der Waals surface area contributed by atoms with E-state index in [1.165, 1.54) is 0 Å². The molecule has 4 nitrogen and oxygen atoms in total. The summed E-state index contributed by atoms with van der Waals surface area (Å²) in [5.74, 6) is 0.711. The van der Waals surface area contributed by atoms with Crippen LogP contribution in [0.15, 0.2) is 24.4 Å². The molecule has 0 bridgehead atoms. The largest absolute Gasteiger partial charge is 0.494 e. The van der Waals surface area contributed by atoms with Crippen LogP contribution < -0.4 is 4.74 Å². The number of rotatable bonds is 2. The summed E-state index contributed by atoms with van der Waals surface area (Å²) in [7, 11) is 1.59. The molecule has 0 unspecified atom stereocenters. The third kappa shape index (κ3) is 1.16. The second-order valence-electron chi connectivity index (χ2n) is 2.59. The number of carbonyl (C=O) groups excluding carboxylic acids is 1. The molecule has 0 radical (unpaired) electrons. The first-order valence-electron chi connectivity index (χ1n) is 3.82. The molecular formula is C9H8N2O2. The van der Waals surface area contributed by atoms with Crippen LogP contribution >= 0.6 is 0 Å². The minimum atomic E-state index is 0.407. The number of methoxy groups -OCH3 is 1. The van der Waals surface area contributed by atoms with Gasteiger partial charge in [0, 0.05) is 6.20 Å². The fourth-order valence-electron chi connectivity index (χ4n) is 1.24. The highest BCUT2D eigenvalue weighted by Gasteiger charge is 2.04. The molecule has 0 aliphatic heterocycles. The Morgan fingerprint density at radius 2 is 2.46 bits per heavy atom. The highest BCUT2D eigenvalue weighted by molar-refractivity contribution is 5.76. The van der Waals surface area contributed by atoms with Crippen LogP contribution in [0.2, 0.25) is 0 Å². The Bertz CT molecular complexity index is 448. The van der Waals surface area contributed by atoms with E-state index in [2.05, 4.69) is 5.10 Å². The van der Waals surface area contributed by atoms with Gasteiger partial charge in [-0.1, -0.05) is 0 Å². The Morgan fingerprint density at radius 1 is 1.62 bits per heavy atom. The Labute approximate surface area is 74.7 Å². The monoisotopic (exact) mass is 176 g/mol. The number of fused-ring (bicyclic) bond motifs is 1. The fraction of sp³-hybridized carbons (Fsp3) is 0.111. The maximum absolute atomic E-state index is 10.5. The van der Waals surface area contributed by atoms with E-state index in [-0.39, 0.29) is 0 Å². The number of ether oxygens (including phenoxy) is 1. The van der Waals surface area contributed by atoms with Crippen molar-refractivity contribution in [3.8, 4) is 5.75 Å². The van der Waals surface area contributed by atoms with Gasteiger partial charge in [0.15, 0.2) is 6.29 Å². The van der Waals surface area contributed by atoms with E-state index in [1.807, 2.05) is 12.1 Å². The van der Waals surface area contributed by atoms with Crippen LogP contribution in [0.1, 0.15) is 10.5 Å². The van der Waals surface area contributed by atoms with E-state index in [9.17, 15) is 4.79 Å². The molecule has 0 atom stereocenters. The zero-order chi connectivity index (χ0) is 9.26. The van der Waals surface area contributed by atoms with E-state index in [1.54, 1.807) is 23.9 Å². The van der Waals surface area contributed by atoms with Crippen molar-refractivity contribution in [3.63, 3.8) is 0 Å². The molecule has 0 aliphatic rings. The van der Waals surface area contributed by atoms with Crippen LogP contribution in [0.4, 0.5) is 0 Å². The van der Waals surface area contributed by atoms with Crippen LogP contribution in [0.3, 0.4) is 0 Å². The maximum Gasteiger partial charge on any atom is 0.170 e. The van der Waals surface area contributed by atoms with E-state index in [0.717, 1.165) is 5.52 Å². The zero-order valence-electron chi connectivity index (χ0n) is 7.10.